The molecular formula is C16H15FN2O3. The van der Waals surface area contributed by atoms with E-state index in [4.69, 9.17) is 4.74 Å². The molecule has 0 aromatic heterocycles. The molecule has 2 aromatic carbocycles. The van der Waals surface area contributed by atoms with Gasteiger partial charge in [-0.25, -0.2) is 4.39 Å². The summed E-state index contributed by atoms with van der Waals surface area (Å²) in [6, 6.07) is 10.4. The molecule has 0 aliphatic heterocycles. The van der Waals surface area contributed by atoms with Crippen molar-refractivity contribution in [3.8, 4) is 5.75 Å². The predicted molar refractivity (Wildman–Crippen MR) is 81.7 cm³/mol. The lowest BCUT2D eigenvalue weighted by Gasteiger charge is -2.12. The van der Waals surface area contributed by atoms with Crippen LogP contribution in [0.15, 0.2) is 42.5 Å². The largest absolute Gasteiger partial charge is 0.495 e. The summed E-state index contributed by atoms with van der Waals surface area (Å²) in [5.74, 6) is -1.05. The molecule has 2 aromatic rings. The van der Waals surface area contributed by atoms with E-state index in [1.54, 1.807) is 24.3 Å². The molecule has 0 heterocycles. The zero-order valence-electron chi connectivity index (χ0n) is 12.1. The average Bonchev–Trinajstić information content (AvgIpc) is 2.47. The van der Waals surface area contributed by atoms with Crippen molar-refractivity contribution in [3.05, 3.63) is 53.8 Å². The summed E-state index contributed by atoms with van der Waals surface area (Å²) >= 11 is 0. The van der Waals surface area contributed by atoms with Crippen LogP contribution >= 0.6 is 0 Å². The smallest absolute Gasteiger partial charge is 0.258 e. The molecule has 0 unspecified atom stereocenters. The minimum Gasteiger partial charge on any atom is -0.495 e. The molecule has 2 N–H and O–H groups in total. The highest BCUT2D eigenvalue weighted by Crippen LogP contribution is 2.28. The Morgan fingerprint density at radius 1 is 1.09 bits per heavy atom. The van der Waals surface area contributed by atoms with E-state index in [0.29, 0.717) is 17.1 Å². The number of halogens is 1. The maximum atomic E-state index is 13.6. The van der Waals surface area contributed by atoms with E-state index in [-0.39, 0.29) is 11.5 Å². The molecule has 0 saturated heterocycles. The summed E-state index contributed by atoms with van der Waals surface area (Å²) in [5.41, 5.74) is 0.758. The van der Waals surface area contributed by atoms with E-state index in [9.17, 15) is 14.0 Å². The van der Waals surface area contributed by atoms with Gasteiger partial charge in [-0.1, -0.05) is 12.1 Å². The Balaban J connectivity index is 2.29. The molecular weight excluding hydrogens is 287 g/mol. The molecule has 0 bridgehead atoms. The molecule has 2 amide bonds. The highest BCUT2D eigenvalue weighted by Gasteiger charge is 2.14. The number of ether oxygens (including phenoxy) is 1. The van der Waals surface area contributed by atoms with Crippen LogP contribution in [0.25, 0.3) is 0 Å². The molecule has 6 heteroatoms. The summed E-state index contributed by atoms with van der Waals surface area (Å²) in [6.07, 6.45) is 0. The fourth-order valence-corrected chi connectivity index (χ4v) is 1.92. The van der Waals surface area contributed by atoms with Crippen molar-refractivity contribution in [1.29, 1.82) is 0 Å². The molecule has 0 atom stereocenters. The maximum Gasteiger partial charge on any atom is 0.258 e. The second-order valence-electron chi connectivity index (χ2n) is 4.53. The van der Waals surface area contributed by atoms with E-state index in [1.165, 1.54) is 32.2 Å². The van der Waals surface area contributed by atoms with Gasteiger partial charge in [0.1, 0.15) is 11.6 Å². The van der Waals surface area contributed by atoms with E-state index < -0.39 is 11.7 Å². The third-order valence-corrected chi connectivity index (χ3v) is 2.89. The maximum absolute atomic E-state index is 13.6. The van der Waals surface area contributed by atoms with Crippen molar-refractivity contribution in [1.82, 2.24) is 0 Å². The number of carbonyl (C=O) groups excluding carboxylic acids is 2. The standard InChI is InChI=1S/C16H15FN2O3/c1-10(20)18-11-7-8-15(22-2)14(9-11)19-16(21)12-5-3-4-6-13(12)17/h3-9H,1-2H3,(H,18,20)(H,19,21). The predicted octanol–water partition coefficient (Wildman–Crippen LogP) is 3.05. The number of hydrogen-bond acceptors (Lipinski definition) is 3. The summed E-state index contributed by atoms with van der Waals surface area (Å²) in [6.45, 7) is 1.38. The fraction of sp³-hybridized carbons (Fsp3) is 0.125. The number of benzene rings is 2. The summed E-state index contributed by atoms with van der Waals surface area (Å²) in [7, 11) is 1.45. The van der Waals surface area contributed by atoms with Gasteiger partial charge in [-0.2, -0.15) is 0 Å². The second kappa shape index (κ2) is 6.71. The number of carbonyl (C=O) groups is 2. The van der Waals surface area contributed by atoms with Crippen LogP contribution in [0.4, 0.5) is 15.8 Å². The van der Waals surface area contributed by atoms with Gasteiger partial charge < -0.3 is 15.4 Å². The van der Waals surface area contributed by atoms with Gasteiger partial charge in [-0.05, 0) is 30.3 Å². The van der Waals surface area contributed by atoms with E-state index in [1.807, 2.05) is 0 Å². The average molecular weight is 302 g/mol. The first kappa shape index (κ1) is 15.5. The van der Waals surface area contributed by atoms with Crippen molar-refractivity contribution in [2.24, 2.45) is 0 Å². The van der Waals surface area contributed by atoms with Crippen LogP contribution in [0.1, 0.15) is 17.3 Å². The van der Waals surface area contributed by atoms with Gasteiger partial charge in [0.05, 0.1) is 18.4 Å². The number of anilines is 2. The van der Waals surface area contributed by atoms with Crippen LogP contribution in [0.3, 0.4) is 0 Å². The van der Waals surface area contributed by atoms with Crippen molar-refractivity contribution in [2.75, 3.05) is 17.7 Å². The first-order valence-corrected chi connectivity index (χ1v) is 6.52. The quantitative estimate of drug-likeness (QED) is 0.912. The van der Waals surface area contributed by atoms with Crippen LogP contribution in [0.5, 0.6) is 5.75 Å². The van der Waals surface area contributed by atoms with Crippen molar-refractivity contribution < 1.29 is 18.7 Å². The zero-order valence-corrected chi connectivity index (χ0v) is 12.1. The van der Waals surface area contributed by atoms with Crippen molar-refractivity contribution in [2.45, 2.75) is 6.92 Å². The number of methoxy groups -OCH3 is 1. The van der Waals surface area contributed by atoms with Crippen molar-refractivity contribution >= 4 is 23.2 Å². The Bertz CT molecular complexity index is 716. The van der Waals surface area contributed by atoms with Crippen LogP contribution in [-0.4, -0.2) is 18.9 Å². The van der Waals surface area contributed by atoms with Crippen LogP contribution in [0.2, 0.25) is 0 Å². The van der Waals surface area contributed by atoms with Gasteiger partial charge in [0.2, 0.25) is 5.91 Å². The van der Waals surface area contributed by atoms with Gasteiger partial charge >= 0.3 is 0 Å². The highest BCUT2D eigenvalue weighted by molar-refractivity contribution is 6.05. The molecule has 2 rings (SSSR count). The van der Waals surface area contributed by atoms with Gasteiger partial charge in [0.25, 0.3) is 5.91 Å². The summed E-state index contributed by atoms with van der Waals surface area (Å²) in [5, 5.41) is 5.18. The Kier molecular flexibility index (Phi) is 4.73. The number of amides is 2. The number of rotatable bonds is 4. The molecule has 0 spiro atoms. The van der Waals surface area contributed by atoms with E-state index in [0.717, 1.165) is 0 Å². The summed E-state index contributed by atoms with van der Waals surface area (Å²) in [4.78, 5) is 23.2. The molecule has 0 aliphatic carbocycles. The number of hydrogen-bond donors (Lipinski definition) is 2. The van der Waals surface area contributed by atoms with E-state index >= 15 is 0 Å². The Morgan fingerprint density at radius 2 is 1.82 bits per heavy atom. The normalized spacial score (nSPS) is 9.95. The molecule has 114 valence electrons. The van der Waals surface area contributed by atoms with Gasteiger partial charge in [-0.15, -0.1) is 0 Å². The SMILES string of the molecule is COc1ccc(NC(C)=O)cc1NC(=O)c1ccccc1F. The van der Waals surface area contributed by atoms with Crippen molar-refractivity contribution in [3.63, 3.8) is 0 Å². The third kappa shape index (κ3) is 3.60. The fourth-order valence-electron chi connectivity index (χ4n) is 1.92. The topological polar surface area (TPSA) is 67.4 Å². The highest BCUT2D eigenvalue weighted by atomic mass is 19.1. The molecule has 0 radical (unpaired) electrons. The first-order valence-electron chi connectivity index (χ1n) is 6.52. The molecule has 0 saturated carbocycles. The summed E-state index contributed by atoms with van der Waals surface area (Å²) < 4.78 is 18.8. The Hall–Kier alpha value is -2.89. The van der Waals surface area contributed by atoms with Crippen LogP contribution in [-0.2, 0) is 4.79 Å². The minimum absolute atomic E-state index is 0.0746. The second-order valence-corrected chi connectivity index (χ2v) is 4.53. The Labute approximate surface area is 127 Å². The minimum atomic E-state index is -0.614. The molecule has 5 nitrogen and oxygen atoms in total. The van der Waals surface area contributed by atoms with Gasteiger partial charge in [0.15, 0.2) is 0 Å². The first-order chi connectivity index (χ1) is 10.5. The molecule has 0 aliphatic rings. The molecule has 0 fully saturated rings. The van der Waals surface area contributed by atoms with E-state index in [2.05, 4.69) is 10.6 Å². The monoisotopic (exact) mass is 302 g/mol. The Morgan fingerprint density at radius 3 is 2.45 bits per heavy atom. The van der Waals surface area contributed by atoms with Gasteiger partial charge in [-0.3, -0.25) is 9.59 Å². The zero-order chi connectivity index (χ0) is 16.1. The lowest BCUT2D eigenvalue weighted by molar-refractivity contribution is -0.114. The van der Waals surface area contributed by atoms with Crippen LogP contribution < -0.4 is 15.4 Å². The lowest BCUT2D eigenvalue weighted by Crippen LogP contribution is -2.15. The number of nitrogens with one attached hydrogen (secondary N) is 2. The third-order valence-electron chi connectivity index (χ3n) is 2.89. The lowest BCUT2D eigenvalue weighted by atomic mass is 10.2. The molecule has 22 heavy (non-hydrogen) atoms. The van der Waals surface area contributed by atoms with Gasteiger partial charge in [0, 0.05) is 12.6 Å². The van der Waals surface area contributed by atoms with Crippen LogP contribution in [0, 0.1) is 5.82 Å².